The van der Waals surface area contributed by atoms with Crippen LogP contribution >= 0.6 is 11.8 Å². The zero-order chi connectivity index (χ0) is 22.5. The second-order valence-corrected chi connectivity index (χ2v) is 8.18. The quantitative estimate of drug-likeness (QED) is 0.297. The molecule has 0 spiro atoms. The molecular weight excluding hydrogens is 434 g/mol. The predicted molar refractivity (Wildman–Crippen MR) is 126 cm³/mol. The van der Waals surface area contributed by atoms with Crippen LogP contribution in [0, 0.1) is 0 Å². The summed E-state index contributed by atoms with van der Waals surface area (Å²) in [6.45, 7) is 0. The molecular formula is C25H21N5O2S. The van der Waals surface area contributed by atoms with Gasteiger partial charge in [-0.05, 0) is 29.8 Å². The Kier molecular flexibility index (Phi) is 6.16. The van der Waals surface area contributed by atoms with Crippen LogP contribution in [0.3, 0.4) is 0 Å². The van der Waals surface area contributed by atoms with E-state index in [9.17, 15) is 0 Å². The molecule has 0 saturated heterocycles. The van der Waals surface area contributed by atoms with E-state index in [1.54, 1.807) is 7.11 Å². The molecule has 0 aliphatic rings. The average molecular weight is 456 g/mol. The van der Waals surface area contributed by atoms with Gasteiger partial charge in [-0.25, -0.2) is 0 Å². The van der Waals surface area contributed by atoms with Crippen LogP contribution in [0.2, 0.25) is 0 Å². The second kappa shape index (κ2) is 9.70. The lowest BCUT2D eigenvalue weighted by Gasteiger charge is -2.09. The highest BCUT2D eigenvalue weighted by atomic mass is 32.2. The topological polar surface area (TPSA) is 78.9 Å². The van der Waals surface area contributed by atoms with Gasteiger partial charge in [0.15, 0.2) is 5.16 Å². The van der Waals surface area contributed by atoms with Gasteiger partial charge in [-0.2, -0.15) is 4.98 Å². The van der Waals surface area contributed by atoms with Gasteiger partial charge in [0, 0.05) is 12.1 Å². The van der Waals surface area contributed by atoms with Gasteiger partial charge in [0.2, 0.25) is 11.7 Å². The van der Waals surface area contributed by atoms with Gasteiger partial charge in [-0.1, -0.05) is 77.6 Å². The Morgan fingerprint density at radius 2 is 1.61 bits per heavy atom. The summed E-state index contributed by atoms with van der Waals surface area (Å²) in [5.74, 6) is 3.05. The van der Waals surface area contributed by atoms with Gasteiger partial charge < -0.3 is 9.26 Å². The molecule has 3 aromatic carbocycles. The van der Waals surface area contributed by atoms with Crippen LogP contribution < -0.4 is 4.74 Å². The fourth-order valence-corrected chi connectivity index (χ4v) is 4.31. The van der Waals surface area contributed by atoms with Crippen molar-refractivity contribution in [1.82, 2.24) is 24.9 Å². The van der Waals surface area contributed by atoms with Crippen molar-refractivity contribution in [3.05, 3.63) is 102 Å². The molecule has 2 heterocycles. The fraction of sp³-hybridized carbons (Fsp3) is 0.120. The predicted octanol–water partition coefficient (Wildman–Crippen LogP) is 5.21. The van der Waals surface area contributed by atoms with Crippen LogP contribution in [0.25, 0.3) is 17.1 Å². The van der Waals surface area contributed by atoms with Crippen molar-refractivity contribution in [3.8, 4) is 22.8 Å². The zero-order valence-electron chi connectivity index (χ0n) is 18.0. The summed E-state index contributed by atoms with van der Waals surface area (Å²) in [5.41, 5.74) is 2.98. The van der Waals surface area contributed by atoms with Crippen molar-refractivity contribution in [2.75, 3.05) is 7.11 Å². The first kappa shape index (κ1) is 21.0. The van der Waals surface area contributed by atoms with Gasteiger partial charge in [-0.15, -0.1) is 10.2 Å². The number of nitrogens with zero attached hydrogens (tertiary/aromatic N) is 5. The van der Waals surface area contributed by atoms with Crippen LogP contribution in [0.15, 0.2) is 94.6 Å². The van der Waals surface area contributed by atoms with E-state index in [0.717, 1.165) is 22.2 Å². The summed E-state index contributed by atoms with van der Waals surface area (Å²) >= 11 is 1.51. The van der Waals surface area contributed by atoms with Crippen molar-refractivity contribution < 1.29 is 9.26 Å². The first-order valence-electron chi connectivity index (χ1n) is 10.4. The SMILES string of the molecule is COc1ccccc1-c1noc(CSc2nnc(Cc3ccccc3)n2-c2ccccc2)n1. The molecule has 0 unspecified atom stereocenters. The van der Waals surface area contributed by atoms with Gasteiger partial charge in [-0.3, -0.25) is 4.57 Å². The minimum absolute atomic E-state index is 0.471. The van der Waals surface area contributed by atoms with Crippen LogP contribution in [-0.2, 0) is 12.2 Å². The number of hydrogen-bond donors (Lipinski definition) is 0. The summed E-state index contributed by atoms with van der Waals surface area (Å²) in [6.07, 6.45) is 0.682. The van der Waals surface area contributed by atoms with Crippen LogP contribution in [0.5, 0.6) is 5.75 Å². The molecule has 0 saturated carbocycles. The average Bonchev–Trinajstić information content (AvgIpc) is 3.51. The Balaban J connectivity index is 1.39. The molecule has 0 bridgehead atoms. The lowest BCUT2D eigenvalue weighted by molar-refractivity contribution is 0.390. The number of benzene rings is 3. The van der Waals surface area contributed by atoms with Gasteiger partial charge in [0.05, 0.1) is 18.4 Å². The molecule has 0 amide bonds. The molecule has 5 rings (SSSR count). The standard InChI is InChI=1S/C25H21N5O2S/c1-31-21-15-9-8-14-20(21)24-26-23(32-29-24)17-33-25-28-27-22(16-18-10-4-2-5-11-18)30(25)19-12-6-3-7-13-19/h2-15H,16-17H2,1H3. The molecule has 0 aliphatic heterocycles. The monoisotopic (exact) mass is 455 g/mol. The third-order valence-corrected chi connectivity index (χ3v) is 5.97. The number of methoxy groups -OCH3 is 1. The highest BCUT2D eigenvalue weighted by Gasteiger charge is 2.18. The van der Waals surface area contributed by atoms with Gasteiger partial charge >= 0.3 is 0 Å². The minimum atomic E-state index is 0.471. The molecule has 5 aromatic rings. The summed E-state index contributed by atoms with van der Waals surface area (Å²) < 4.78 is 13.0. The van der Waals surface area contributed by atoms with Crippen molar-refractivity contribution >= 4 is 11.8 Å². The first-order valence-corrected chi connectivity index (χ1v) is 11.4. The maximum atomic E-state index is 5.49. The molecule has 7 nitrogen and oxygen atoms in total. The summed E-state index contributed by atoms with van der Waals surface area (Å²) in [5, 5.41) is 13.8. The molecule has 8 heteroatoms. The Bertz CT molecular complexity index is 1340. The van der Waals surface area contributed by atoms with Crippen molar-refractivity contribution in [2.24, 2.45) is 0 Å². The summed E-state index contributed by atoms with van der Waals surface area (Å²) in [4.78, 5) is 4.55. The number of thioether (sulfide) groups is 1. The van der Waals surface area contributed by atoms with E-state index in [0.29, 0.717) is 29.6 Å². The molecule has 0 atom stereocenters. The third-order valence-electron chi connectivity index (χ3n) is 5.06. The van der Waals surface area contributed by atoms with Crippen molar-refractivity contribution in [1.29, 1.82) is 0 Å². The lowest BCUT2D eigenvalue weighted by atomic mass is 10.1. The van der Waals surface area contributed by atoms with E-state index in [4.69, 9.17) is 9.26 Å². The van der Waals surface area contributed by atoms with E-state index in [-0.39, 0.29) is 0 Å². The zero-order valence-corrected chi connectivity index (χ0v) is 18.8. The number of para-hydroxylation sites is 2. The van der Waals surface area contributed by atoms with E-state index in [1.807, 2.05) is 72.8 Å². The molecule has 2 aromatic heterocycles. The smallest absolute Gasteiger partial charge is 0.237 e. The number of rotatable bonds is 8. The Hall–Kier alpha value is -3.91. The maximum absolute atomic E-state index is 5.49. The maximum Gasteiger partial charge on any atom is 0.237 e. The number of hydrogen-bond acceptors (Lipinski definition) is 7. The largest absolute Gasteiger partial charge is 0.496 e. The molecule has 164 valence electrons. The van der Waals surface area contributed by atoms with E-state index < -0.39 is 0 Å². The van der Waals surface area contributed by atoms with E-state index in [2.05, 4.69) is 37.0 Å². The fourth-order valence-electron chi connectivity index (χ4n) is 3.50. The van der Waals surface area contributed by atoms with Crippen LogP contribution in [0.4, 0.5) is 0 Å². The summed E-state index contributed by atoms with van der Waals surface area (Å²) in [7, 11) is 1.62. The van der Waals surface area contributed by atoms with Crippen LogP contribution in [0.1, 0.15) is 17.3 Å². The summed E-state index contributed by atoms with van der Waals surface area (Å²) in [6, 6.07) is 28.0. The molecule has 0 N–H and O–H groups in total. The third kappa shape index (κ3) is 4.65. The molecule has 0 radical (unpaired) electrons. The molecule has 0 fully saturated rings. The van der Waals surface area contributed by atoms with Crippen LogP contribution in [-0.4, -0.2) is 32.0 Å². The normalized spacial score (nSPS) is 10.9. The van der Waals surface area contributed by atoms with E-state index in [1.165, 1.54) is 17.3 Å². The van der Waals surface area contributed by atoms with Gasteiger partial charge in [0.1, 0.15) is 11.6 Å². The first-order chi connectivity index (χ1) is 16.3. The molecule has 0 aliphatic carbocycles. The Morgan fingerprint density at radius 3 is 2.39 bits per heavy atom. The highest BCUT2D eigenvalue weighted by Crippen LogP contribution is 2.29. The van der Waals surface area contributed by atoms with Gasteiger partial charge in [0.25, 0.3) is 0 Å². The number of ether oxygens (including phenoxy) is 1. The Labute approximate surface area is 195 Å². The highest BCUT2D eigenvalue weighted by molar-refractivity contribution is 7.98. The van der Waals surface area contributed by atoms with Crippen molar-refractivity contribution in [2.45, 2.75) is 17.3 Å². The Morgan fingerprint density at radius 1 is 0.879 bits per heavy atom. The van der Waals surface area contributed by atoms with Crippen molar-refractivity contribution in [3.63, 3.8) is 0 Å². The second-order valence-electron chi connectivity index (χ2n) is 7.23. The molecule has 33 heavy (non-hydrogen) atoms. The van der Waals surface area contributed by atoms with E-state index >= 15 is 0 Å². The number of aromatic nitrogens is 5. The lowest BCUT2D eigenvalue weighted by Crippen LogP contribution is -2.03. The minimum Gasteiger partial charge on any atom is -0.496 e.